The van der Waals surface area contributed by atoms with Crippen molar-refractivity contribution in [3.8, 4) is 0 Å². The van der Waals surface area contributed by atoms with Crippen molar-refractivity contribution in [2.75, 3.05) is 18.9 Å². The van der Waals surface area contributed by atoms with Crippen LogP contribution in [0.4, 0.5) is 5.69 Å². The van der Waals surface area contributed by atoms with Gasteiger partial charge in [0, 0.05) is 31.5 Å². The molecule has 1 N–H and O–H groups in total. The zero-order valence-electron chi connectivity index (χ0n) is 11.1. The van der Waals surface area contributed by atoms with Crippen molar-refractivity contribution >= 4 is 5.69 Å². The van der Waals surface area contributed by atoms with Gasteiger partial charge in [-0.15, -0.1) is 0 Å². The van der Waals surface area contributed by atoms with Crippen LogP contribution in [-0.4, -0.2) is 29.5 Å². The average molecular weight is 233 g/mol. The number of likely N-dealkylation sites (tertiary alicyclic amines) is 1. The molecule has 0 radical (unpaired) electrons. The number of piperidine rings is 1. The maximum absolute atomic E-state index is 4.45. The molecule has 0 spiro atoms. The Morgan fingerprint density at radius 3 is 3.00 bits per heavy atom. The van der Waals surface area contributed by atoms with E-state index in [9.17, 15) is 0 Å². The zero-order valence-corrected chi connectivity index (χ0v) is 11.1. The van der Waals surface area contributed by atoms with Gasteiger partial charge in [-0.25, -0.2) is 0 Å². The van der Waals surface area contributed by atoms with Crippen LogP contribution in [0.1, 0.15) is 32.4 Å². The number of hydrogen-bond donors (Lipinski definition) is 1. The fourth-order valence-corrected chi connectivity index (χ4v) is 2.62. The molecule has 3 heteroatoms. The van der Waals surface area contributed by atoms with Crippen LogP contribution in [0.2, 0.25) is 0 Å². The van der Waals surface area contributed by atoms with Crippen LogP contribution in [0.15, 0.2) is 18.3 Å². The molecule has 94 valence electrons. The minimum Gasteiger partial charge on any atom is -0.388 e. The van der Waals surface area contributed by atoms with Gasteiger partial charge in [-0.1, -0.05) is 6.92 Å². The fraction of sp³-hybridized carbons (Fsp3) is 0.643. The van der Waals surface area contributed by atoms with Gasteiger partial charge in [-0.3, -0.25) is 9.88 Å². The van der Waals surface area contributed by atoms with Crippen LogP contribution in [0.3, 0.4) is 0 Å². The third kappa shape index (κ3) is 3.19. The van der Waals surface area contributed by atoms with Gasteiger partial charge in [-0.2, -0.15) is 0 Å². The molecule has 2 unspecified atom stereocenters. The largest absolute Gasteiger partial charge is 0.388 e. The highest BCUT2D eigenvalue weighted by atomic mass is 15.2. The molecule has 0 bridgehead atoms. The summed E-state index contributed by atoms with van der Waals surface area (Å²) in [5.41, 5.74) is 2.31. The predicted molar refractivity (Wildman–Crippen MR) is 72.1 cm³/mol. The molecule has 0 amide bonds. The minimum atomic E-state index is 0.679. The number of pyridine rings is 1. The second kappa shape index (κ2) is 5.50. The minimum absolute atomic E-state index is 0.679. The molecule has 1 aromatic heterocycles. The van der Waals surface area contributed by atoms with E-state index in [2.05, 4.69) is 35.1 Å². The van der Waals surface area contributed by atoms with Gasteiger partial charge in [0.05, 0.1) is 5.69 Å². The standard InChI is InChI=1S/C14H23N3/c1-11-5-7-17(12(2)8-11)10-14-9-13(15-3)4-6-16-14/h4,6,9,11-12H,5,7-8,10H2,1-3H3,(H,15,16). The van der Waals surface area contributed by atoms with E-state index in [0.717, 1.165) is 18.2 Å². The third-order valence-electron chi connectivity index (χ3n) is 3.75. The van der Waals surface area contributed by atoms with E-state index >= 15 is 0 Å². The van der Waals surface area contributed by atoms with Crippen LogP contribution < -0.4 is 5.32 Å². The van der Waals surface area contributed by atoms with E-state index in [-0.39, 0.29) is 0 Å². The van der Waals surface area contributed by atoms with Crippen LogP contribution >= 0.6 is 0 Å². The Morgan fingerprint density at radius 2 is 2.29 bits per heavy atom. The highest BCUT2D eigenvalue weighted by Crippen LogP contribution is 2.23. The molecule has 1 aliphatic heterocycles. The molecule has 2 atom stereocenters. The van der Waals surface area contributed by atoms with Crippen LogP contribution in [-0.2, 0) is 6.54 Å². The molecule has 3 nitrogen and oxygen atoms in total. The molecule has 2 rings (SSSR count). The van der Waals surface area contributed by atoms with E-state index < -0.39 is 0 Å². The monoisotopic (exact) mass is 233 g/mol. The second-order valence-electron chi connectivity index (χ2n) is 5.23. The topological polar surface area (TPSA) is 28.2 Å². The Kier molecular flexibility index (Phi) is 4.00. The molecule has 1 aromatic rings. The molecular formula is C14H23N3. The number of rotatable bonds is 3. The molecule has 0 aromatic carbocycles. The fourth-order valence-electron chi connectivity index (χ4n) is 2.62. The molecule has 0 aliphatic carbocycles. The normalized spacial score (nSPS) is 25.8. The number of nitrogens with one attached hydrogen (secondary N) is 1. The smallest absolute Gasteiger partial charge is 0.0564 e. The molecule has 1 fully saturated rings. The molecule has 0 saturated carbocycles. The number of anilines is 1. The lowest BCUT2D eigenvalue weighted by molar-refractivity contribution is 0.121. The summed E-state index contributed by atoms with van der Waals surface area (Å²) in [6.07, 6.45) is 4.51. The summed E-state index contributed by atoms with van der Waals surface area (Å²) in [7, 11) is 1.95. The zero-order chi connectivity index (χ0) is 12.3. The van der Waals surface area contributed by atoms with Gasteiger partial charge in [-0.05, 0) is 44.4 Å². The highest BCUT2D eigenvalue weighted by Gasteiger charge is 2.22. The van der Waals surface area contributed by atoms with Crippen molar-refractivity contribution < 1.29 is 0 Å². The lowest BCUT2D eigenvalue weighted by Crippen LogP contribution is -2.39. The lowest BCUT2D eigenvalue weighted by atomic mass is 9.93. The molecule has 1 saturated heterocycles. The Hall–Kier alpha value is -1.09. The van der Waals surface area contributed by atoms with Gasteiger partial charge in [0.1, 0.15) is 0 Å². The highest BCUT2D eigenvalue weighted by molar-refractivity contribution is 5.42. The van der Waals surface area contributed by atoms with Crippen molar-refractivity contribution in [3.05, 3.63) is 24.0 Å². The Labute approximate surface area is 104 Å². The first-order chi connectivity index (χ1) is 8.19. The molecular weight excluding hydrogens is 210 g/mol. The summed E-state index contributed by atoms with van der Waals surface area (Å²) < 4.78 is 0. The summed E-state index contributed by atoms with van der Waals surface area (Å²) >= 11 is 0. The Morgan fingerprint density at radius 1 is 1.47 bits per heavy atom. The summed E-state index contributed by atoms with van der Waals surface area (Å²) in [6, 6.07) is 4.83. The van der Waals surface area contributed by atoms with Crippen LogP contribution in [0.5, 0.6) is 0 Å². The maximum Gasteiger partial charge on any atom is 0.0564 e. The van der Waals surface area contributed by atoms with Gasteiger partial charge in [0.25, 0.3) is 0 Å². The van der Waals surface area contributed by atoms with Crippen molar-refractivity contribution in [1.29, 1.82) is 0 Å². The van der Waals surface area contributed by atoms with E-state index in [0.29, 0.717) is 6.04 Å². The first-order valence-electron chi connectivity index (χ1n) is 6.55. The summed E-state index contributed by atoms with van der Waals surface area (Å²) in [5.74, 6) is 0.873. The first kappa shape index (κ1) is 12.4. The van der Waals surface area contributed by atoms with E-state index in [4.69, 9.17) is 0 Å². The summed E-state index contributed by atoms with van der Waals surface area (Å²) in [5, 5.41) is 3.16. The van der Waals surface area contributed by atoms with E-state index in [1.165, 1.54) is 25.1 Å². The third-order valence-corrected chi connectivity index (χ3v) is 3.75. The molecule has 1 aliphatic rings. The second-order valence-corrected chi connectivity index (χ2v) is 5.23. The van der Waals surface area contributed by atoms with Gasteiger partial charge >= 0.3 is 0 Å². The molecule has 17 heavy (non-hydrogen) atoms. The number of aromatic nitrogens is 1. The Bertz CT molecular complexity index is 364. The SMILES string of the molecule is CNc1ccnc(CN2CCC(C)CC2C)c1. The van der Waals surface area contributed by atoms with E-state index in [1.807, 2.05) is 19.3 Å². The van der Waals surface area contributed by atoms with Crippen molar-refractivity contribution in [3.63, 3.8) is 0 Å². The van der Waals surface area contributed by atoms with E-state index in [1.54, 1.807) is 0 Å². The molecule has 2 heterocycles. The lowest BCUT2D eigenvalue weighted by Gasteiger charge is -2.36. The van der Waals surface area contributed by atoms with Gasteiger partial charge in [0.2, 0.25) is 0 Å². The maximum atomic E-state index is 4.45. The van der Waals surface area contributed by atoms with Crippen molar-refractivity contribution in [2.45, 2.75) is 39.3 Å². The van der Waals surface area contributed by atoms with Crippen molar-refractivity contribution in [1.82, 2.24) is 9.88 Å². The number of hydrogen-bond acceptors (Lipinski definition) is 3. The first-order valence-corrected chi connectivity index (χ1v) is 6.55. The average Bonchev–Trinajstić information content (AvgIpc) is 2.33. The van der Waals surface area contributed by atoms with Gasteiger partial charge < -0.3 is 5.32 Å². The number of nitrogens with zero attached hydrogens (tertiary/aromatic N) is 2. The van der Waals surface area contributed by atoms with Gasteiger partial charge in [0.15, 0.2) is 0 Å². The summed E-state index contributed by atoms with van der Waals surface area (Å²) in [6.45, 7) is 6.86. The van der Waals surface area contributed by atoms with Crippen LogP contribution in [0, 0.1) is 5.92 Å². The Balaban J connectivity index is 2.00. The van der Waals surface area contributed by atoms with Crippen LogP contribution in [0.25, 0.3) is 0 Å². The quantitative estimate of drug-likeness (QED) is 0.870. The summed E-state index contributed by atoms with van der Waals surface area (Å²) in [4.78, 5) is 7.00. The predicted octanol–water partition coefficient (Wildman–Crippen LogP) is 2.74. The van der Waals surface area contributed by atoms with Crippen molar-refractivity contribution in [2.24, 2.45) is 5.92 Å².